The third-order valence-corrected chi connectivity index (χ3v) is 1.82. The monoisotopic (exact) mass is 233 g/mol. The molecule has 0 aliphatic rings. The second kappa shape index (κ2) is 5.41. The second-order valence-electron chi connectivity index (χ2n) is 2.47. The predicted molar refractivity (Wildman–Crippen MR) is 56.4 cm³/mol. The fourth-order valence-electron chi connectivity index (χ4n) is 0.933. The Kier molecular flexibility index (Phi) is 4.09. The van der Waals surface area contributed by atoms with E-state index in [-0.39, 0.29) is 0 Å². The Morgan fingerprint density at radius 2 is 1.92 bits per heavy atom. The molecule has 1 nitrogen and oxygen atoms in total. The molecule has 0 N–H and O–H groups in total. The van der Waals surface area contributed by atoms with Crippen LogP contribution in [0, 0.1) is 23.2 Å². The highest BCUT2D eigenvalue weighted by Crippen LogP contribution is 2.03. The molecule has 64 valence electrons. The smallest absolute Gasteiger partial charge is 0.0669 e. The predicted octanol–water partition coefficient (Wildman–Crippen LogP) is 2.50. The van der Waals surface area contributed by atoms with Gasteiger partial charge in [0.15, 0.2) is 0 Å². The summed E-state index contributed by atoms with van der Waals surface area (Å²) < 4.78 is 0. The van der Waals surface area contributed by atoms with E-state index in [1.54, 1.807) is 0 Å². The highest BCUT2D eigenvalue weighted by atomic mass is 79.9. The van der Waals surface area contributed by atoms with Crippen LogP contribution in [0.25, 0.3) is 0 Å². The molecule has 13 heavy (non-hydrogen) atoms. The Hall–Kier alpha value is -1.25. The van der Waals surface area contributed by atoms with Gasteiger partial charge in [0.1, 0.15) is 0 Å². The number of halogens is 1. The molecule has 1 rings (SSSR count). The second-order valence-corrected chi connectivity index (χ2v) is 3.03. The molecule has 0 spiro atoms. The molecule has 0 aliphatic carbocycles. The van der Waals surface area contributed by atoms with E-state index in [2.05, 4.69) is 33.8 Å². The van der Waals surface area contributed by atoms with E-state index < -0.39 is 0 Å². The van der Waals surface area contributed by atoms with Crippen molar-refractivity contribution in [3.05, 3.63) is 35.4 Å². The van der Waals surface area contributed by atoms with Crippen molar-refractivity contribution >= 4 is 15.9 Å². The van der Waals surface area contributed by atoms with E-state index in [0.29, 0.717) is 11.8 Å². The van der Waals surface area contributed by atoms with Crippen molar-refractivity contribution in [3.8, 4) is 17.9 Å². The molecule has 0 saturated heterocycles. The Morgan fingerprint density at radius 1 is 1.23 bits per heavy atom. The lowest BCUT2D eigenvalue weighted by Gasteiger charge is -1.93. The molecule has 0 unspecified atom stereocenters. The maximum atomic E-state index is 8.45. The van der Waals surface area contributed by atoms with Crippen LogP contribution in [0.15, 0.2) is 24.3 Å². The first-order valence-corrected chi connectivity index (χ1v) is 4.99. The first-order valence-electron chi connectivity index (χ1n) is 3.87. The van der Waals surface area contributed by atoms with Crippen molar-refractivity contribution in [2.24, 2.45) is 0 Å². The zero-order valence-corrected chi connectivity index (χ0v) is 8.63. The summed E-state index contributed by atoms with van der Waals surface area (Å²) in [5, 5.41) is 9.13. The zero-order chi connectivity index (χ0) is 9.52. The maximum absolute atomic E-state index is 8.45. The molecule has 1 aromatic rings. The molecule has 0 atom stereocenters. The van der Waals surface area contributed by atoms with Crippen LogP contribution in [0.4, 0.5) is 0 Å². The lowest BCUT2D eigenvalue weighted by molar-refractivity contribution is 1.26. The van der Waals surface area contributed by atoms with Gasteiger partial charge in [0.05, 0.1) is 17.8 Å². The summed E-state index contributed by atoms with van der Waals surface area (Å²) in [5.41, 5.74) is 2.02. The summed E-state index contributed by atoms with van der Waals surface area (Å²) in [4.78, 5) is 0. The molecule has 0 aromatic heterocycles. The highest BCUT2D eigenvalue weighted by molar-refractivity contribution is 9.09. The topological polar surface area (TPSA) is 23.8 Å². The molecule has 0 heterocycles. The van der Waals surface area contributed by atoms with Gasteiger partial charge in [0.25, 0.3) is 0 Å². The molecular formula is C11H8BrN. The third kappa shape index (κ3) is 3.32. The van der Waals surface area contributed by atoms with Gasteiger partial charge in [-0.3, -0.25) is 0 Å². The van der Waals surface area contributed by atoms with Crippen molar-refractivity contribution in [1.29, 1.82) is 5.26 Å². The Balaban J connectivity index is 2.76. The van der Waals surface area contributed by atoms with Gasteiger partial charge in [-0.1, -0.05) is 39.9 Å². The van der Waals surface area contributed by atoms with Crippen LogP contribution in [0.2, 0.25) is 0 Å². The van der Waals surface area contributed by atoms with Gasteiger partial charge >= 0.3 is 0 Å². The molecule has 0 bridgehead atoms. The first-order chi connectivity index (χ1) is 6.36. The van der Waals surface area contributed by atoms with Crippen molar-refractivity contribution < 1.29 is 0 Å². The van der Waals surface area contributed by atoms with Crippen molar-refractivity contribution in [1.82, 2.24) is 0 Å². The van der Waals surface area contributed by atoms with E-state index in [9.17, 15) is 0 Å². The number of rotatable bonds is 1. The molecule has 0 saturated carbocycles. The maximum Gasteiger partial charge on any atom is 0.0669 e. The van der Waals surface area contributed by atoms with Gasteiger partial charge in [0.2, 0.25) is 0 Å². The number of alkyl halides is 1. The minimum absolute atomic E-state index is 0.464. The first kappa shape index (κ1) is 9.84. The molecule has 0 amide bonds. The van der Waals surface area contributed by atoms with Gasteiger partial charge in [-0.2, -0.15) is 5.26 Å². The van der Waals surface area contributed by atoms with Crippen LogP contribution in [-0.4, -0.2) is 5.33 Å². The van der Waals surface area contributed by atoms with Crippen LogP contribution < -0.4 is 0 Å². The van der Waals surface area contributed by atoms with E-state index in [1.807, 2.05) is 24.3 Å². The quantitative estimate of drug-likeness (QED) is 0.541. The van der Waals surface area contributed by atoms with Crippen molar-refractivity contribution in [2.45, 2.75) is 6.42 Å². The fourth-order valence-corrected chi connectivity index (χ4v) is 1.07. The molecular weight excluding hydrogens is 226 g/mol. The van der Waals surface area contributed by atoms with Gasteiger partial charge in [-0.15, -0.1) is 0 Å². The summed E-state index contributed by atoms with van der Waals surface area (Å²) >= 11 is 3.23. The Morgan fingerprint density at radius 3 is 2.46 bits per heavy atom. The van der Waals surface area contributed by atoms with E-state index in [1.165, 1.54) is 0 Å². The third-order valence-electron chi connectivity index (χ3n) is 1.54. The normalized spacial score (nSPS) is 8.31. The Bertz CT molecular complexity index is 362. The molecule has 0 radical (unpaired) electrons. The van der Waals surface area contributed by atoms with Crippen LogP contribution in [0.5, 0.6) is 0 Å². The van der Waals surface area contributed by atoms with Gasteiger partial charge in [-0.25, -0.2) is 0 Å². The van der Waals surface area contributed by atoms with Gasteiger partial charge in [0, 0.05) is 5.56 Å². The van der Waals surface area contributed by atoms with E-state index in [0.717, 1.165) is 11.1 Å². The number of benzene rings is 1. The molecule has 0 aliphatic heterocycles. The fraction of sp³-hybridized carbons (Fsp3) is 0.182. The van der Waals surface area contributed by atoms with E-state index in [4.69, 9.17) is 5.26 Å². The summed E-state index contributed by atoms with van der Waals surface area (Å²) in [6, 6.07) is 9.83. The zero-order valence-electron chi connectivity index (χ0n) is 7.05. The van der Waals surface area contributed by atoms with Gasteiger partial charge < -0.3 is 0 Å². The number of hydrogen-bond donors (Lipinski definition) is 0. The average molecular weight is 234 g/mol. The van der Waals surface area contributed by atoms with Gasteiger partial charge in [-0.05, 0) is 17.7 Å². The summed E-state index contributed by atoms with van der Waals surface area (Å²) in [6.07, 6.45) is 0.464. The minimum atomic E-state index is 0.464. The van der Waals surface area contributed by atoms with Crippen LogP contribution in [0.1, 0.15) is 11.1 Å². The SMILES string of the molecule is N#CCc1ccc(C#CCBr)cc1. The summed E-state index contributed by atoms with van der Waals surface area (Å²) in [5.74, 6) is 5.90. The van der Waals surface area contributed by atoms with Crippen molar-refractivity contribution in [3.63, 3.8) is 0 Å². The number of nitriles is 1. The molecule has 0 fully saturated rings. The highest BCUT2D eigenvalue weighted by Gasteiger charge is 1.90. The molecule has 2 heteroatoms. The number of hydrogen-bond acceptors (Lipinski definition) is 1. The van der Waals surface area contributed by atoms with Crippen LogP contribution in [0.3, 0.4) is 0 Å². The summed E-state index contributed by atoms with van der Waals surface area (Å²) in [7, 11) is 0. The Labute approximate surface area is 86.5 Å². The van der Waals surface area contributed by atoms with Crippen molar-refractivity contribution in [2.75, 3.05) is 5.33 Å². The largest absolute Gasteiger partial charge is 0.198 e. The average Bonchev–Trinajstić information content (AvgIpc) is 2.17. The lowest BCUT2D eigenvalue weighted by Crippen LogP contribution is -1.81. The lowest BCUT2D eigenvalue weighted by atomic mass is 10.1. The van der Waals surface area contributed by atoms with Crippen LogP contribution in [-0.2, 0) is 6.42 Å². The van der Waals surface area contributed by atoms with Crippen LogP contribution >= 0.6 is 15.9 Å². The number of nitrogens with zero attached hydrogens (tertiary/aromatic N) is 1. The summed E-state index contributed by atoms with van der Waals surface area (Å²) in [6.45, 7) is 0. The van der Waals surface area contributed by atoms with E-state index >= 15 is 0 Å². The minimum Gasteiger partial charge on any atom is -0.198 e. The molecule has 1 aromatic carbocycles. The standard InChI is InChI=1S/C11H8BrN/c12-8-1-2-10-3-5-11(6-4-10)7-9-13/h3-6H,7-8H2.